The van der Waals surface area contributed by atoms with E-state index < -0.39 is 0 Å². The van der Waals surface area contributed by atoms with Crippen molar-refractivity contribution in [1.82, 2.24) is 5.32 Å². The van der Waals surface area contributed by atoms with Gasteiger partial charge in [0.1, 0.15) is 5.75 Å². The Morgan fingerprint density at radius 3 is 2.73 bits per heavy atom. The van der Waals surface area contributed by atoms with Gasteiger partial charge in [-0.2, -0.15) is 0 Å². The molecule has 1 amide bonds. The summed E-state index contributed by atoms with van der Waals surface area (Å²) >= 11 is 0. The highest BCUT2D eigenvalue weighted by Gasteiger charge is 2.31. The average molecular weight is 299 g/mol. The van der Waals surface area contributed by atoms with Crippen LogP contribution < -0.4 is 10.1 Å². The molecule has 0 aliphatic heterocycles. The van der Waals surface area contributed by atoms with Crippen molar-refractivity contribution in [1.29, 1.82) is 0 Å². The normalized spacial score (nSPS) is 15.5. The van der Waals surface area contributed by atoms with Crippen molar-refractivity contribution in [2.45, 2.75) is 25.3 Å². The topological polar surface area (TPSA) is 58.6 Å². The van der Waals surface area contributed by atoms with Crippen LogP contribution in [0.5, 0.6) is 5.75 Å². The molecular formula is C18H21NO3. The summed E-state index contributed by atoms with van der Waals surface area (Å²) in [5.74, 6) is 1.09. The van der Waals surface area contributed by atoms with Crippen molar-refractivity contribution in [2.75, 3.05) is 13.2 Å². The average Bonchev–Trinajstić information content (AvgIpc) is 3.37. The number of carbonyl (C=O) groups excluding carboxylic acids is 1. The Balaban J connectivity index is 1.55. The second kappa shape index (κ2) is 6.79. The van der Waals surface area contributed by atoms with E-state index in [1.54, 1.807) is 0 Å². The summed E-state index contributed by atoms with van der Waals surface area (Å²) in [5, 5.41) is 14.3. The summed E-state index contributed by atoms with van der Waals surface area (Å²) in [5.41, 5.74) is 0. The molecule has 0 heterocycles. The second-order valence-corrected chi connectivity index (χ2v) is 5.82. The SMILES string of the molecule is O=C(COc1ccc2ccccc2c1)NC(CCO)C1CC1. The summed E-state index contributed by atoms with van der Waals surface area (Å²) in [6, 6.07) is 13.9. The number of hydrogen-bond acceptors (Lipinski definition) is 3. The molecule has 1 atom stereocenters. The third-order valence-electron chi connectivity index (χ3n) is 4.07. The molecule has 0 spiro atoms. The van der Waals surface area contributed by atoms with E-state index in [0.717, 1.165) is 23.6 Å². The van der Waals surface area contributed by atoms with E-state index >= 15 is 0 Å². The van der Waals surface area contributed by atoms with Crippen LogP contribution in [0, 0.1) is 5.92 Å². The third kappa shape index (κ3) is 3.77. The van der Waals surface area contributed by atoms with Crippen molar-refractivity contribution in [3.8, 4) is 5.75 Å². The van der Waals surface area contributed by atoms with Crippen LogP contribution in [0.1, 0.15) is 19.3 Å². The van der Waals surface area contributed by atoms with Gasteiger partial charge in [-0.25, -0.2) is 0 Å². The Morgan fingerprint density at radius 1 is 1.23 bits per heavy atom. The summed E-state index contributed by atoms with van der Waals surface area (Å²) in [7, 11) is 0. The number of benzene rings is 2. The van der Waals surface area contributed by atoms with Crippen molar-refractivity contribution in [3.05, 3.63) is 42.5 Å². The molecule has 2 aromatic carbocycles. The van der Waals surface area contributed by atoms with E-state index in [-0.39, 0.29) is 25.2 Å². The van der Waals surface area contributed by atoms with Crippen molar-refractivity contribution < 1.29 is 14.6 Å². The lowest BCUT2D eigenvalue weighted by Crippen LogP contribution is -2.39. The van der Waals surface area contributed by atoms with Gasteiger partial charge >= 0.3 is 0 Å². The Kier molecular flexibility index (Phi) is 4.59. The molecule has 1 saturated carbocycles. The first-order chi connectivity index (χ1) is 10.8. The fraction of sp³-hybridized carbons (Fsp3) is 0.389. The number of rotatable bonds is 7. The summed E-state index contributed by atoms with van der Waals surface area (Å²) in [6.07, 6.45) is 2.89. The number of carbonyl (C=O) groups is 1. The van der Waals surface area contributed by atoms with Crippen molar-refractivity contribution in [3.63, 3.8) is 0 Å². The first-order valence-electron chi connectivity index (χ1n) is 7.78. The molecule has 3 rings (SSSR count). The highest BCUT2D eigenvalue weighted by atomic mass is 16.5. The number of hydrogen-bond donors (Lipinski definition) is 2. The van der Waals surface area contributed by atoms with Gasteiger partial charge in [-0.05, 0) is 48.1 Å². The standard InChI is InChI=1S/C18H21NO3/c20-10-9-17(14-5-6-14)19-18(21)12-22-16-8-7-13-3-1-2-4-15(13)11-16/h1-4,7-8,11,14,17,20H,5-6,9-10,12H2,(H,19,21). The van der Waals surface area contributed by atoms with E-state index in [1.165, 1.54) is 0 Å². The summed E-state index contributed by atoms with van der Waals surface area (Å²) in [4.78, 5) is 12.0. The van der Waals surface area contributed by atoms with Gasteiger partial charge in [0.15, 0.2) is 6.61 Å². The van der Waals surface area contributed by atoms with Crippen LogP contribution >= 0.6 is 0 Å². The van der Waals surface area contributed by atoms with Crippen LogP contribution in [0.25, 0.3) is 10.8 Å². The molecule has 0 aromatic heterocycles. The van der Waals surface area contributed by atoms with Gasteiger partial charge in [0.25, 0.3) is 5.91 Å². The van der Waals surface area contributed by atoms with E-state index in [9.17, 15) is 4.79 Å². The Bertz CT molecular complexity index is 652. The van der Waals surface area contributed by atoms with Gasteiger partial charge in [0.05, 0.1) is 0 Å². The van der Waals surface area contributed by atoms with Crippen LogP contribution in [0.3, 0.4) is 0 Å². The number of amides is 1. The van der Waals surface area contributed by atoms with Crippen molar-refractivity contribution >= 4 is 16.7 Å². The van der Waals surface area contributed by atoms with Gasteiger partial charge in [0.2, 0.25) is 0 Å². The van der Waals surface area contributed by atoms with Crippen LogP contribution in [0.2, 0.25) is 0 Å². The Hall–Kier alpha value is -2.07. The number of fused-ring (bicyclic) bond motifs is 1. The molecule has 0 radical (unpaired) electrons. The number of nitrogens with one attached hydrogen (secondary N) is 1. The minimum atomic E-state index is -0.126. The quantitative estimate of drug-likeness (QED) is 0.826. The van der Waals surface area contributed by atoms with Crippen LogP contribution in [0.4, 0.5) is 0 Å². The predicted octanol–water partition coefficient (Wildman–Crippen LogP) is 2.50. The number of aliphatic hydroxyl groups excluding tert-OH is 1. The number of aliphatic hydroxyl groups is 1. The predicted molar refractivity (Wildman–Crippen MR) is 85.8 cm³/mol. The van der Waals surface area contributed by atoms with Gasteiger partial charge in [0, 0.05) is 12.6 Å². The molecule has 2 aromatic rings. The molecule has 0 saturated heterocycles. The van der Waals surface area contributed by atoms with E-state index in [2.05, 4.69) is 5.32 Å². The van der Waals surface area contributed by atoms with Crippen molar-refractivity contribution in [2.24, 2.45) is 5.92 Å². The molecule has 1 fully saturated rings. The van der Waals surface area contributed by atoms with E-state index in [0.29, 0.717) is 18.1 Å². The molecule has 116 valence electrons. The summed E-state index contributed by atoms with van der Waals surface area (Å²) in [6.45, 7) is 0.111. The maximum atomic E-state index is 12.0. The minimum Gasteiger partial charge on any atom is -0.484 e. The lowest BCUT2D eigenvalue weighted by molar-refractivity contribution is -0.124. The fourth-order valence-electron chi connectivity index (χ4n) is 2.72. The number of ether oxygens (including phenoxy) is 1. The summed E-state index contributed by atoms with van der Waals surface area (Å²) < 4.78 is 5.58. The molecule has 1 aliphatic carbocycles. The largest absolute Gasteiger partial charge is 0.484 e. The molecule has 4 heteroatoms. The Labute approximate surface area is 130 Å². The van der Waals surface area contributed by atoms with E-state index in [1.807, 2.05) is 42.5 Å². The molecular weight excluding hydrogens is 278 g/mol. The zero-order chi connectivity index (χ0) is 15.4. The van der Waals surface area contributed by atoms with Crippen LogP contribution in [-0.2, 0) is 4.79 Å². The van der Waals surface area contributed by atoms with Gasteiger partial charge in [-0.3, -0.25) is 4.79 Å². The lowest BCUT2D eigenvalue weighted by atomic mass is 10.1. The van der Waals surface area contributed by atoms with Crippen LogP contribution in [0.15, 0.2) is 42.5 Å². The first-order valence-corrected chi connectivity index (χ1v) is 7.78. The Morgan fingerprint density at radius 2 is 2.00 bits per heavy atom. The van der Waals surface area contributed by atoms with Gasteiger partial charge < -0.3 is 15.2 Å². The lowest BCUT2D eigenvalue weighted by Gasteiger charge is -2.17. The molecule has 1 unspecified atom stereocenters. The second-order valence-electron chi connectivity index (χ2n) is 5.82. The maximum absolute atomic E-state index is 12.0. The molecule has 2 N–H and O–H groups in total. The van der Waals surface area contributed by atoms with Gasteiger partial charge in [-0.15, -0.1) is 0 Å². The molecule has 1 aliphatic rings. The highest BCUT2D eigenvalue weighted by molar-refractivity contribution is 5.84. The highest BCUT2D eigenvalue weighted by Crippen LogP contribution is 2.33. The monoisotopic (exact) mass is 299 g/mol. The van der Waals surface area contributed by atoms with E-state index in [4.69, 9.17) is 9.84 Å². The zero-order valence-electron chi connectivity index (χ0n) is 12.5. The maximum Gasteiger partial charge on any atom is 0.258 e. The van der Waals surface area contributed by atoms with Crippen LogP contribution in [-0.4, -0.2) is 30.3 Å². The smallest absolute Gasteiger partial charge is 0.258 e. The molecule has 4 nitrogen and oxygen atoms in total. The fourth-order valence-corrected chi connectivity index (χ4v) is 2.72. The molecule has 0 bridgehead atoms. The molecule has 22 heavy (non-hydrogen) atoms. The van der Waals surface area contributed by atoms with Gasteiger partial charge in [-0.1, -0.05) is 30.3 Å². The zero-order valence-corrected chi connectivity index (χ0v) is 12.5. The third-order valence-corrected chi connectivity index (χ3v) is 4.07. The first kappa shape index (κ1) is 14.9. The minimum absolute atomic E-state index is 0.00693.